The second-order valence-corrected chi connectivity index (χ2v) is 7.43. The van der Waals surface area contributed by atoms with Gasteiger partial charge in [-0.2, -0.15) is 0 Å². The summed E-state index contributed by atoms with van der Waals surface area (Å²) in [5, 5.41) is 4.39. The number of hydrogen-bond donors (Lipinski definition) is 1. The molecule has 1 aromatic heterocycles. The van der Waals surface area contributed by atoms with Crippen molar-refractivity contribution in [2.75, 3.05) is 0 Å². The topological polar surface area (TPSA) is 38.9 Å². The molecule has 0 amide bonds. The molecule has 2 nitrogen and oxygen atoms in total. The zero-order valence-electron chi connectivity index (χ0n) is 11.7. The zero-order valence-corrected chi connectivity index (χ0v) is 14.1. The van der Waals surface area contributed by atoms with Crippen LogP contribution >= 0.6 is 34.5 Å². The SMILES string of the molecule is NC1(c2nc(-c3cc(Cl)ccc3Cl)cs2)CCCCCC1. The Morgan fingerprint density at radius 1 is 1.10 bits per heavy atom. The van der Waals surface area contributed by atoms with Crippen LogP contribution in [0, 0.1) is 0 Å². The molecule has 0 radical (unpaired) electrons. The van der Waals surface area contributed by atoms with Crippen LogP contribution in [0.4, 0.5) is 0 Å². The fourth-order valence-corrected chi connectivity index (χ4v) is 4.27. The van der Waals surface area contributed by atoms with E-state index in [2.05, 4.69) is 0 Å². The lowest BCUT2D eigenvalue weighted by molar-refractivity contribution is 0.384. The molecule has 1 aliphatic carbocycles. The van der Waals surface area contributed by atoms with Gasteiger partial charge < -0.3 is 5.73 Å². The molecule has 3 rings (SSSR count). The average molecular weight is 341 g/mol. The Morgan fingerprint density at radius 2 is 1.81 bits per heavy atom. The number of hydrogen-bond acceptors (Lipinski definition) is 3. The molecule has 0 saturated heterocycles. The molecule has 1 saturated carbocycles. The molecule has 2 aromatic rings. The molecule has 1 aliphatic rings. The monoisotopic (exact) mass is 340 g/mol. The van der Waals surface area contributed by atoms with Crippen molar-refractivity contribution in [2.45, 2.75) is 44.1 Å². The van der Waals surface area contributed by atoms with Crippen molar-refractivity contribution in [2.24, 2.45) is 5.73 Å². The van der Waals surface area contributed by atoms with Crippen LogP contribution in [0.15, 0.2) is 23.6 Å². The van der Waals surface area contributed by atoms with Gasteiger partial charge in [0.2, 0.25) is 0 Å². The summed E-state index contributed by atoms with van der Waals surface area (Å²) in [6, 6.07) is 5.46. The highest BCUT2D eigenvalue weighted by atomic mass is 35.5. The number of nitrogens with two attached hydrogens (primary N) is 1. The predicted molar refractivity (Wildman–Crippen MR) is 91.1 cm³/mol. The van der Waals surface area contributed by atoms with Crippen LogP contribution in [0.1, 0.15) is 43.5 Å². The van der Waals surface area contributed by atoms with Gasteiger partial charge in [-0.15, -0.1) is 11.3 Å². The maximum Gasteiger partial charge on any atom is 0.113 e. The van der Waals surface area contributed by atoms with Crippen LogP contribution in [-0.4, -0.2) is 4.98 Å². The van der Waals surface area contributed by atoms with E-state index >= 15 is 0 Å². The fraction of sp³-hybridized carbons (Fsp3) is 0.438. The summed E-state index contributed by atoms with van der Waals surface area (Å²) in [4.78, 5) is 4.77. The molecule has 1 fully saturated rings. The Hall–Kier alpha value is -0.610. The molecule has 1 heterocycles. The van der Waals surface area contributed by atoms with Crippen LogP contribution < -0.4 is 5.73 Å². The summed E-state index contributed by atoms with van der Waals surface area (Å²) < 4.78 is 0. The van der Waals surface area contributed by atoms with Gasteiger partial charge in [-0.05, 0) is 31.0 Å². The average Bonchev–Trinajstić information content (AvgIpc) is 2.86. The standard InChI is InChI=1S/C16H18Cl2N2S/c17-11-5-6-13(18)12(9-11)14-10-21-15(20-14)16(19)7-3-1-2-4-8-16/h5-6,9-10H,1-4,7-8,19H2. The maximum absolute atomic E-state index is 6.63. The zero-order chi connectivity index (χ0) is 14.9. The summed E-state index contributed by atoms with van der Waals surface area (Å²) in [6.07, 6.45) is 6.95. The lowest BCUT2D eigenvalue weighted by atomic mass is 9.92. The molecule has 1 aromatic carbocycles. The van der Waals surface area contributed by atoms with Gasteiger partial charge in [0.05, 0.1) is 16.3 Å². The second-order valence-electron chi connectivity index (χ2n) is 5.73. The molecule has 0 atom stereocenters. The van der Waals surface area contributed by atoms with E-state index in [0.29, 0.717) is 10.0 Å². The number of rotatable bonds is 2. The van der Waals surface area contributed by atoms with Crippen LogP contribution in [0.25, 0.3) is 11.3 Å². The molecule has 2 N–H and O–H groups in total. The van der Waals surface area contributed by atoms with Crippen LogP contribution in [0.3, 0.4) is 0 Å². The molecule has 21 heavy (non-hydrogen) atoms. The van der Waals surface area contributed by atoms with E-state index in [9.17, 15) is 0 Å². The number of thiazole rings is 1. The highest BCUT2D eigenvalue weighted by Crippen LogP contribution is 2.38. The van der Waals surface area contributed by atoms with E-state index in [0.717, 1.165) is 29.1 Å². The van der Waals surface area contributed by atoms with Gasteiger partial charge in [0.25, 0.3) is 0 Å². The number of benzene rings is 1. The minimum absolute atomic E-state index is 0.273. The largest absolute Gasteiger partial charge is 0.319 e. The lowest BCUT2D eigenvalue weighted by Crippen LogP contribution is -2.35. The number of aromatic nitrogens is 1. The molecular weight excluding hydrogens is 323 g/mol. The third-order valence-electron chi connectivity index (χ3n) is 4.13. The highest BCUT2D eigenvalue weighted by molar-refractivity contribution is 7.10. The number of halogens is 2. The Balaban J connectivity index is 1.94. The Kier molecular flexibility index (Phi) is 4.55. The summed E-state index contributed by atoms with van der Waals surface area (Å²) in [7, 11) is 0. The Bertz CT molecular complexity index is 631. The van der Waals surface area contributed by atoms with Gasteiger partial charge in [-0.3, -0.25) is 0 Å². The third kappa shape index (κ3) is 3.26. The normalized spacial score (nSPS) is 18.4. The van der Waals surface area contributed by atoms with Gasteiger partial charge in [0.15, 0.2) is 0 Å². The van der Waals surface area contributed by atoms with Gasteiger partial charge in [0, 0.05) is 16.0 Å². The quantitative estimate of drug-likeness (QED) is 0.720. The van der Waals surface area contributed by atoms with Crippen LogP contribution in [0.2, 0.25) is 10.0 Å². The first kappa shape index (κ1) is 15.3. The summed E-state index contributed by atoms with van der Waals surface area (Å²) in [5.74, 6) is 0. The Morgan fingerprint density at radius 3 is 2.52 bits per heavy atom. The summed E-state index contributed by atoms with van der Waals surface area (Å²) in [6.45, 7) is 0. The highest BCUT2D eigenvalue weighted by Gasteiger charge is 2.31. The van der Waals surface area contributed by atoms with Crippen molar-refractivity contribution in [3.63, 3.8) is 0 Å². The van der Waals surface area contributed by atoms with Crippen LogP contribution in [0.5, 0.6) is 0 Å². The smallest absolute Gasteiger partial charge is 0.113 e. The molecular formula is C16H18Cl2N2S. The third-order valence-corrected chi connectivity index (χ3v) is 5.76. The minimum Gasteiger partial charge on any atom is -0.319 e. The Labute approximate surface area is 139 Å². The van der Waals surface area contributed by atoms with Crippen molar-refractivity contribution in [3.05, 3.63) is 38.6 Å². The predicted octanol–water partition coefficient (Wildman–Crippen LogP) is 5.63. The molecule has 0 unspecified atom stereocenters. The molecule has 0 spiro atoms. The van der Waals surface area contributed by atoms with E-state index in [1.165, 1.54) is 25.7 Å². The molecule has 0 bridgehead atoms. The van der Waals surface area contributed by atoms with Crippen molar-refractivity contribution in [1.82, 2.24) is 4.98 Å². The van der Waals surface area contributed by atoms with Gasteiger partial charge >= 0.3 is 0 Å². The van der Waals surface area contributed by atoms with E-state index in [1.807, 2.05) is 17.5 Å². The van der Waals surface area contributed by atoms with Gasteiger partial charge in [-0.1, -0.05) is 48.9 Å². The summed E-state index contributed by atoms with van der Waals surface area (Å²) in [5.41, 5.74) is 8.11. The minimum atomic E-state index is -0.273. The van der Waals surface area contributed by atoms with E-state index in [4.69, 9.17) is 33.9 Å². The molecule has 5 heteroatoms. The van der Waals surface area contributed by atoms with Crippen molar-refractivity contribution in [3.8, 4) is 11.3 Å². The van der Waals surface area contributed by atoms with Crippen molar-refractivity contribution < 1.29 is 0 Å². The van der Waals surface area contributed by atoms with Crippen molar-refractivity contribution >= 4 is 34.5 Å². The number of nitrogens with zero attached hydrogens (tertiary/aromatic N) is 1. The second kappa shape index (κ2) is 6.25. The first-order chi connectivity index (χ1) is 10.1. The first-order valence-electron chi connectivity index (χ1n) is 7.29. The maximum atomic E-state index is 6.63. The van der Waals surface area contributed by atoms with Gasteiger partial charge in [-0.25, -0.2) is 4.98 Å². The van der Waals surface area contributed by atoms with E-state index in [1.54, 1.807) is 17.4 Å². The molecule has 112 valence electrons. The fourth-order valence-electron chi connectivity index (χ4n) is 2.89. The van der Waals surface area contributed by atoms with E-state index in [-0.39, 0.29) is 5.54 Å². The van der Waals surface area contributed by atoms with E-state index < -0.39 is 0 Å². The molecule has 0 aliphatic heterocycles. The van der Waals surface area contributed by atoms with Crippen molar-refractivity contribution in [1.29, 1.82) is 0 Å². The lowest BCUT2D eigenvalue weighted by Gasteiger charge is -2.25. The first-order valence-corrected chi connectivity index (χ1v) is 8.92. The summed E-state index contributed by atoms with van der Waals surface area (Å²) >= 11 is 14.0. The van der Waals surface area contributed by atoms with Crippen LogP contribution in [-0.2, 0) is 5.54 Å². The van der Waals surface area contributed by atoms with Gasteiger partial charge in [0.1, 0.15) is 5.01 Å².